The molecule has 0 spiro atoms. The van der Waals surface area contributed by atoms with E-state index in [1.54, 1.807) is 35.6 Å². The van der Waals surface area contributed by atoms with E-state index < -0.39 is 6.04 Å². The van der Waals surface area contributed by atoms with E-state index in [-0.39, 0.29) is 18.2 Å². The predicted octanol–water partition coefficient (Wildman–Crippen LogP) is 4.62. The van der Waals surface area contributed by atoms with Crippen molar-refractivity contribution in [3.8, 4) is 0 Å². The molecule has 1 atom stereocenters. The molecule has 3 aromatic rings. The average Bonchev–Trinajstić information content (AvgIpc) is 3.22. The van der Waals surface area contributed by atoms with Gasteiger partial charge in [0.1, 0.15) is 0 Å². The van der Waals surface area contributed by atoms with Gasteiger partial charge >= 0.3 is 0 Å². The zero-order valence-electron chi connectivity index (χ0n) is 15.2. The van der Waals surface area contributed by atoms with Gasteiger partial charge in [-0.05, 0) is 35.6 Å². The minimum Gasteiger partial charge on any atom is -0.356 e. The van der Waals surface area contributed by atoms with E-state index in [0.29, 0.717) is 17.1 Å². The molecule has 0 aliphatic carbocycles. The largest absolute Gasteiger partial charge is 0.356 e. The van der Waals surface area contributed by atoms with Gasteiger partial charge < -0.3 is 10.6 Å². The number of thiophene rings is 1. The Bertz CT molecular complexity index is 913. The summed E-state index contributed by atoms with van der Waals surface area (Å²) in [4.78, 5) is 26.4. The third-order valence-corrected chi connectivity index (χ3v) is 5.55. The lowest BCUT2D eigenvalue weighted by Gasteiger charge is -2.19. The summed E-state index contributed by atoms with van der Waals surface area (Å²) in [6, 6.07) is 20.0. The number of amides is 2. The molecule has 28 heavy (non-hydrogen) atoms. The van der Waals surface area contributed by atoms with Gasteiger partial charge in [0.2, 0.25) is 5.91 Å². The third kappa shape index (κ3) is 5.68. The molecule has 4 nitrogen and oxygen atoms in total. The second-order valence-corrected chi connectivity index (χ2v) is 7.74. The van der Waals surface area contributed by atoms with Crippen LogP contribution in [0.15, 0.2) is 72.1 Å². The van der Waals surface area contributed by atoms with E-state index in [1.165, 1.54) is 4.88 Å². The number of hydrogen-bond donors (Lipinski definition) is 2. The van der Waals surface area contributed by atoms with Crippen LogP contribution in [0.4, 0.5) is 0 Å². The highest BCUT2D eigenvalue weighted by atomic mass is 35.5. The first-order valence-corrected chi connectivity index (χ1v) is 10.3. The summed E-state index contributed by atoms with van der Waals surface area (Å²) in [5.74, 6) is -0.407. The first kappa shape index (κ1) is 20.1. The monoisotopic (exact) mass is 412 g/mol. The molecule has 6 heteroatoms. The fourth-order valence-electron chi connectivity index (χ4n) is 2.86. The maximum Gasteiger partial charge on any atom is 0.253 e. The molecule has 2 amide bonds. The maximum absolute atomic E-state index is 12.7. The highest BCUT2D eigenvalue weighted by Gasteiger charge is 2.20. The molecule has 0 bridgehead atoms. The Morgan fingerprint density at radius 2 is 1.71 bits per heavy atom. The van der Waals surface area contributed by atoms with Crippen molar-refractivity contribution in [1.29, 1.82) is 0 Å². The summed E-state index contributed by atoms with van der Waals surface area (Å²) in [6.07, 6.45) is 0.954. The molecule has 0 saturated heterocycles. The van der Waals surface area contributed by atoms with Crippen LogP contribution in [0.2, 0.25) is 5.02 Å². The first-order chi connectivity index (χ1) is 13.6. The molecule has 0 radical (unpaired) electrons. The molecule has 1 unspecified atom stereocenters. The van der Waals surface area contributed by atoms with Gasteiger partial charge in [0.25, 0.3) is 5.91 Å². The van der Waals surface area contributed by atoms with Crippen LogP contribution < -0.4 is 10.6 Å². The van der Waals surface area contributed by atoms with E-state index in [9.17, 15) is 9.59 Å². The Kier molecular flexibility index (Phi) is 7.23. The molecule has 144 valence electrons. The SMILES string of the molecule is O=C(CC(NC(=O)c1ccccc1Cl)c1ccccc1)NCCc1cccs1. The number of carbonyl (C=O) groups excluding carboxylic acids is 2. The Labute approximate surface area is 173 Å². The molecule has 2 aromatic carbocycles. The molecule has 1 aromatic heterocycles. The maximum atomic E-state index is 12.7. The molecule has 0 saturated carbocycles. The lowest BCUT2D eigenvalue weighted by atomic mass is 10.0. The topological polar surface area (TPSA) is 58.2 Å². The molecule has 0 aliphatic heterocycles. The van der Waals surface area contributed by atoms with E-state index in [2.05, 4.69) is 10.6 Å². The zero-order chi connectivity index (χ0) is 19.8. The van der Waals surface area contributed by atoms with Gasteiger partial charge in [-0.1, -0.05) is 60.1 Å². The van der Waals surface area contributed by atoms with Crippen molar-refractivity contribution < 1.29 is 9.59 Å². The minimum absolute atomic E-state index is 0.107. The van der Waals surface area contributed by atoms with Crippen molar-refractivity contribution >= 4 is 34.8 Å². The molecular formula is C22H21ClN2O2S. The smallest absolute Gasteiger partial charge is 0.253 e. The summed E-state index contributed by atoms with van der Waals surface area (Å²) >= 11 is 7.80. The highest BCUT2D eigenvalue weighted by molar-refractivity contribution is 7.09. The molecular weight excluding hydrogens is 392 g/mol. The van der Waals surface area contributed by atoms with Gasteiger partial charge in [0.05, 0.1) is 23.0 Å². The van der Waals surface area contributed by atoms with Crippen molar-refractivity contribution in [1.82, 2.24) is 10.6 Å². The van der Waals surface area contributed by atoms with E-state index in [4.69, 9.17) is 11.6 Å². The van der Waals surface area contributed by atoms with E-state index in [0.717, 1.165) is 12.0 Å². The lowest BCUT2D eigenvalue weighted by Crippen LogP contribution is -2.34. The van der Waals surface area contributed by atoms with Crippen molar-refractivity contribution in [2.45, 2.75) is 18.9 Å². The van der Waals surface area contributed by atoms with Gasteiger partial charge in [0.15, 0.2) is 0 Å². The summed E-state index contributed by atoms with van der Waals surface area (Å²) in [5.41, 5.74) is 1.26. The second-order valence-electron chi connectivity index (χ2n) is 6.30. The fraction of sp³-hybridized carbons (Fsp3) is 0.182. The van der Waals surface area contributed by atoms with Crippen LogP contribution in [-0.4, -0.2) is 18.4 Å². The third-order valence-electron chi connectivity index (χ3n) is 4.29. The molecule has 1 heterocycles. The van der Waals surface area contributed by atoms with E-state index >= 15 is 0 Å². The van der Waals surface area contributed by atoms with Crippen LogP contribution in [0, 0.1) is 0 Å². The van der Waals surface area contributed by atoms with Crippen molar-refractivity contribution in [2.75, 3.05) is 6.54 Å². The Morgan fingerprint density at radius 3 is 2.43 bits per heavy atom. The number of benzene rings is 2. The average molecular weight is 413 g/mol. The van der Waals surface area contributed by atoms with Crippen molar-refractivity contribution in [3.05, 3.63) is 93.1 Å². The van der Waals surface area contributed by atoms with Crippen molar-refractivity contribution in [3.63, 3.8) is 0 Å². The van der Waals surface area contributed by atoms with Crippen LogP contribution >= 0.6 is 22.9 Å². The van der Waals surface area contributed by atoms with Crippen LogP contribution in [0.1, 0.15) is 33.3 Å². The van der Waals surface area contributed by atoms with Gasteiger partial charge in [-0.25, -0.2) is 0 Å². The molecule has 0 fully saturated rings. The summed E-state index contributed by atoms with van der Waals surface area (Å²) < 4.78 is 0. The summed E-state index contributed by atoms with van der Waals surface area (Å²) in [5, 5.41) is 8.28. The van der Waals surface area contributed by atoms with Crippen LogP contribution in [0.3, 0.4) is 0 Å². The van der Waals surface area contributed by atoms with Gasteiger partial charge in [0, 0.05) is 11.4 Å². The van der Waals surface area contributed by atoms with Gasteiger partial charge in [-0.2, -0.15) is 0 Å². The van der Waals surface area contributed by atoms with Crippen LogP contribution in [0.25, 0.3) is 0 Å². The summed E-state index contributed by atoms with van der Waals surface area (Å²) in [7, 11) is 0. The number of halogens is 1. The Morgan fingerprint density at radius 1 is 0.964 bits per heavy atom. The second kappa shape index (κ2) is 10.1. The number of rotatable bonds is 8. The summed E-state index contributed by atoms with van der Waals surface area (Å²) in [6.45, 7) is 0.569. The number of hydrogen-bond acceptors (Lipinski definition) is 3. The number of carbonyl (C=O) groups is 2. The Balaban J connectivity index is 1.64. The van der Waals surface area contributed by atoms with Crippen LogP contribution in [-0.2, 0) is 11.2 Å². The predicted molar refractivity (Wildman–Crippen MR) is 114 cm³/mol. The molecule has 3 rings (SSSR count). The quantitative estimate of drug-likeness (QED) is 0.567. The minimum atomic E-state index is -0.438. The van der Waals surface area contributed by atoms with Gasteiger partial charge in [-0.15, -0.1) is 11.3 Å². The fourth-order valence-corrected chi connectivity index (χ4v) is 3.79. The van der Waals surface area contributed by atoms with E-state index in [1.807, 2.05) is 47.8 Å². The highest BCUT2D eigenvalue weighted by Crippen LogP contribution is 2.20. The zero-order valence-corrected chi connectivity index (χ0v) is 16.8. The molecule has 2 N–H and O–H groups in total. The lowest BCUT2D eigenvalue weighted by molar-refractivity contribution is -0.121. The first-order valence-electron chi connectivity index (χ1n) is 9.03. The molecule has 0 aliphatic rings. The van der Waals surface area contributed by atoms with Crippen molar-refractivity contribution in [2.24, 2.45) is 0 Å². The number of nitrogens with one attached hydrogen (secondary N) is 2. The van der Waals surface area contributed by atoms with Gasteiger partial charge in [-0.3, -0.25) is 9.59 Å². The Hall–Kier alpha value is -2.63. The van der Waals surface area contributed by atoms with Crippen LogP contribution in [0.5, 0.6) is 0 Å². The normalized spacial score (nSPS) is 11.6. The standard InChI is InChI=1S/C22H21ClN2O2S/c23-19-11-5-4-10-18(19)22(27)25-20(16-7-2-1-3-8-16)15-21(26)24-13-12-17-9-6-14-28-17/h1-11,14,20H,12-13,15H2,(H,24,26)(H,25,27).